The van der Waals surface area contributed by atoms with Gasteiger partial charge in [0.1, 0.15) is 23.7 Å². The number of fused-ring (bicyclic) bond motifs is 1. The smallest absolute Gasteiger partial charge is 0.354 e. The third-order valence-corrected chi connectivity index (χ3v) is 20.2. The van der Waals surface area contributed by atoms with Crippen molar-refractivity contribution in [3.8, 4) is 16.9 Å². The predicted octanol–water partition coefficient (Wildman–Crippen LogP) is 8.08. The van der Waals surface area contributed by atoms with E-state index in [0.29, 0.717) is 80.0 Å². The van der Waals surface area contributed by atoms with Gasteiger partial charge in [-0.15, -0.1) is 0 Å². The van der Waals surface area contributed by atoms with E-state index in [4.69, 9.17) is 40.1 Å². The molecule has 2 saturated heterocycles. The number of anilines is 1. The lowest BCUT2D eigenvalue weighted by atomic mass is 9.98. The van der Waals surface area contributed by atoms with Crippen LogP contribution in [0.1, 0.15) is 72.9 Å². The summed E-state index contributed by atoms with van der Waals surface area (Å²) >= 11 is 7.35. The summed E-state index contributed by atoms with van der Waals surface area (Å²) in [5.41, 5.74) is 5.99. The molecule has 2 aromatic heterocycles. The number of methoxy groups -OCH3 is 1. The molecule has 2 aliphatic rings. The van der Waals surface area contributed by atoms with Gasteiger partial charge in [0.05, 0.1) is 29.9 Å². The highest BCUT2D eigenvalue weighted by Crippen LogP contribution is 2.43. The summed E-state index contributed by atoms with van der Waals surface area (Å²) < 4.78 is 63.6. The zero-order chi connectivity index (χ0) is 49.4. The molecule has 4 heterocycles. The van der Waals surface area contributed by atoms with Crippen molar-refractivity contribution < 1.29 is 36.6 Å². The van der Waals surface area contributed by atoms with Gasteiger partial charge in [-0.1, -0.05) is 98.1 Å². The number of nitrogens with zero attached hydrogens (tertiary/aromatic N) is 6. The summed E-state index contributed by atoms with van der Waals surface area (Å²) in [7, 11) is 2.22. The Labute approximate surface area is 419 Å². The number of aromatic nitrogens is 3. The average molecular weight is 1010 g/mol. The number of carbonyl (C=O) groups excluding carboxylic acids is 1. The molecule has 0 spiro atoms. The number of hydrogen-bond donors (Lipinski definition) is 0. The van der Waals surface area contributed by atoms with Crippen LogP contribution in [-0.4, -0.2) is 113 Å². The van der Waals surface area contributed by atoms with E-state index in [1.165, 1.54) is 26.1 Å². The van der Waals surface area contributed by atoms with Crippen LogP contribution in [0.3, 0.4) is 0 Å². The lowest BCUT2D eigenvalue weighted by Crippen LogP contribution is -2.60. The molecule has 4 aromatic carbocycles. The molecule has 8 rings (SSSR count). The van der Waals surface area contributed by atoms with Gasteiger partial charge in [0.25, 0.3) is 18.5 Å². The molecule has 0 saturated carbocycles. The minimum atomic E-state index is -3.47. The molecule has 1 unspecified atom stereocenters. The van der Waals surface area contributed by atoms with Gasteiger partial charge in [0.15, 0.2) is 6.29 Å². The monoisotopic (exact) mass is 1010 g/mol. The summed E-state index contributed by atoms with van der Waals surface area (Å²) in [6, 6.07) is 34.1. The van der Waals surface area contributed by atoms with Crippen molar-refractivity contribution in [3.05, 3.63) is 125 Å². The van der Waals surface area contributed by atoms with Crippen LogP contribution in [0.15, 0.2) is 97.1 Å². The zero-order valence-corrected chi connectivity index (χ0v) is 43.9. The largest absolute Gasteiger partial charge is 0.487 e. The summed E-state index contributed by atoms with van der Waals surface area (Å²) in [6.07, 6.45) is 5.82. The molecule has 17 heteroatoms. The van der Waals surface area contributed by atoms with Crippen LogP contribution in [0.25, 0.3) is 22.0 Å². The Bertz CT molecular complexity index is 2770. The maximum absolute atomic E-state index is 13.9. The van der Waals surface area contributed by atoms with Crippen LogP contribution in [0.5, 0.6) is 5.75 Å². The number of piperazine rings is 1. The SMILES string of the molecule is CCCC[Si](OCCCc1c(C(=O)OC)n(C)c2c(-c3c(COc4ccc(N5CCN(S(=O)(=O)N(C)C)CC5)cc4)nn(C)c3COC3CCCCO3)c(Cl)ccc12)(c1ccccc1)c1ccccc1. The maximum Gasteiger partial charge on any atom is 0.354 e. The van der Waals surface area contributed by atoms with Crippen LogP contribution < -0.4 is 20.0 Å². The highest BCUT2D eigenvalue weighted by molar-refractivity contribution is 7.86. The molecule has 70 heavy (non-hydrogen) atoms. The van der Waals surface area contributed by atoms with E-state index in [-0.39, 0.29) is 19.5 Å². The van der Waals surface area contributed by atoms with Crippen LogP contribution >= 0.6 is 11.6 Å². The number of halogens is 1. The topological polar surface area (TPSA) is 130 Å². The first-order valence-corrected chi connectivity index (χ1v) is 28.3. The molecule has 2 fully saturated rings. The van der Waals surface area contributed by atoms with Crippen LogP contribution in [0.2, 0.25) is 11.1 Å². The summed E-state index contributed by atoms with van der Waals surface area (Å²) in [6.45, 7) is 5.64. The molecular formula is C53H67ClN6O8SSi. The quantitative estimate of drug-likeness (QED) is 0.0397. The summed E-state index contributed by atoms with van der Waals surface area (Å²) in [4.78, 5) is 16.1. The summed E-state index contributed by atoms with van der Waals surface area (Å²) in [5, 5.41) is 8.92. The minimum absolute atomic E-state index is 0.112. The van der Waals surface area contributed by atoms with E-state index >= 15 is 0 Å². The van der Waals surface area contributed by atoms with Gasteiger partial charge in [0, 0.05) is 89.8 Å². The van der Waals surface area contributed by atoms with E-state index < -0.39 is 24.5 Å². The van der Waals surface area contributed by atoms with Gasteiger partial charge in [-0.2, -0.15) is 22.1 Å². The molecule has 374 valence electrons. The van der Waals surface area contributed by atoms with Crippen molar-refractivity contribution in [2.45, 2.75) is 77.4 Å². The first-order chi connectivity index (χ1) is 33.9. The van der Waals surface area contributed by atoms with Gasteiger partial charge in [-0.3, -0.25) is 4.68 Å². The molecule has 14 nitrogen and oxygen atoms in total. The number of ether oxygens (including phenoxy) is 4. The number of esters is 1. The Kier molecular flexibility index (Phi) is 16.9. The summed E-state index contributed by atoms with van der Waals surface area (Å²) in [5.74, 6) is 0.207. The van der Waals surface area contributed by atoms with E-state index in [0.717, 1.165) is 71.6 Å². The van der Waals surface area contributed by atoms with Crippen molar-refractivity contribution in [2.24, 2.45) is 14.1 Å². The Balaban J connectivity index is 1.11. The molecule has 0 radical (unpaired) electrons. The van der Waals surface area contributed by atoms with Gasteiger partial charge in [-0.25, -0.2) is 4.79 Å². The normalized spacial score (nSPS) is 16.1. The highest BCUT2D eigenvalue weighted by atomic mass is 35.5. The van der Waals surface area contributed by atoms with Crippen molar-refractivity contribution in [1.82, 2.24) is 23.0 Å². The van der Waals surface area contributed by atoms with Crippen molar-refractivity contribution in [2.75, 3.05) is 65.5 Å². The molecule has 6 aromatic rings. The second kappa shape index (κ2) is 23.0. The standard InChI is InChI=1S/C53H67ClN6O8SSi/c1-7-8-36-70(41-18-11-9-12-19-41,42-20-13-10-14-21-42)68-35-17-22-43-44-28-29-45(54)49(51(44)57(4)52(43)53(61)64-6)50-46(55-58(5)47(50)38-67-48-23-15-16-34-65-48)37-66-40-26-24-39(25-27-40)59-30-32-60(33-31-59)69(62,63)56(2)3/h9-14,18-21,24-29,48H,7-8,15-17,22-23,30-38H2,1-6H3. The number of aryl methyl sites for hydroxylation is 3. The highest BCUT2D eigenvalue weighted by Gasteiger charge is 2.39. The third kappa shape index (κ3) is 10.9. The molecule has 0 amide bonds. The molecule has 0 bridgehead atoms. The first kappa shape index (κ1) is 51.3. The second-order valence-corrected chi connectivity index (χ2v) is 24.4. The lowest BCUT2D eigenvalue weighted by Gasteiger charge is -2.36. The Morgan fingerprint density at radius 3 is 2.17 bits per heavy atom. The van der Waals surface area contributed by atoms with E-state index in [2.05, 4.69) is 72.5 Å². The molecular weight excluding hydrogens is 944 g/mol. The molecule has 1 atom stereocenters. The van der Waals surface area contributed by atoms with Gasteiger partial charge in [0.2, 0.25) is 0 Å². The van der Waals surface area contributed by atoms with Gasteiger partial charge in [-0.05, 0) is 84.4 Å². The molecule has 2 aliphatic heterocycles. The lowest BCUT2D eigenvalue weighted by molar-refractivity contribution is -0.169. The van der Waals surface area contributed by atoms with E-state index in [1.807, 2.05) is 59.7 Å². The molecule has 0 N–H and O–H groups in total. The van der Waals surface area contributed by atoms with E-state index in [9.17, 15) is 13.2 Å². The second-order valence-electron chi connectivity index (χ2n) is 18.3. The fourth-order valence-corrected chi connectivity index (χ4v) is 15.5. The number of benzene rings is 4. The Hall–Kier alpha value is -5.04. The third-order valence-electron chi connectivity index (χ3n) is 13.7. The Morgan fingerprint density at radius 2 is 1.56 bits per heavy atom. The van der Waals surface area contributed by atoms with Crippen molar-refractivity contribution in [1.29, 1.82) is 0 Å². The number of hydrogen-bond acceptors (Lipinski definition) is 10. The fourth-order valence-electron chi connectivity index (χ4n) is 9.98. The van der Waals surface area contributed by atoms with Gasteiger partial charge < -0.3 is 32.8 Å². The zero-order valence-electron chi connectivity index (χ0n) is 41.4. The molecule has 0 aliphatic carbocycles. The van der Waals surface area contributed by atoms with Crippen molar-refractivity contribution >= 4 is 63.1 Å². The van der Waals surface area contributed by atoms with Crippen molar-refractivity contribution in [3.63, 3.8) is 0 Å². The fraction of sp³-hybridized carbons (Fsp3) is 0.434. The number of unbranched alkanes of at least 4 members (excludes halogenated alkanes) is 1. The first-order valence-electron chi connectivity index (χ1n) is 24.4. The Morgan fingerprint density at radius 1 is 0.871 bits per heavy atom. The maximum atomic E-state index is 13.9. The predicted molar refractivity (Wildman–Crippen MR) is 279 cm³/mol. The van der Waals surface area contributed by atoms with Crippen LogP contribution in [-0.2, 0) is 62.6 Å². The minimum Gasteiger partial charge on any atom is -0.487 e. The van der Waals surface area contributed by atoms with Crippen LogP contribution in [0.4, 0.5) is 5.69 Å². The van der Waals surface area contributed by atoms with Gasteiger partial charge >= 0.3 is 5.97 Å². The van der Waals surface area contributed by atoms with Crippen LogP contribution in [0, 0.1) is 0 Å². The number of carbonyl (C=O) groups is 1. The average Bonchev–Trinajstić information content (AvgIpc) is 3.86. The number of rotatable bonds is 21. The van der Waals surface area contributed by atoms with E-state index in [1.54, 1.807) is 14.1 Å².